The van der Waals surface area contributed by atoms with Gasteiger partial charge in [-0.1, -0.05) is 28.1 Å². The Morgan fingerprint density at radius 2 is 1.90 bits per heavy atom. The molecule has 0 aromatic heterocycles. The highest BCUT2D eigenvalue weighted by Crippen LogP contribution is 2.24. The Balaban J connectivity index is 1.58. The Hall–Kier alpha value is -1.96. The molecule has 3 rings (SSSR count). The van der Waals surface area contributed by atoms with Gasteiger partial charge in [-0.2, -0.15) is 0 Å². The van der Waals surface area contributed by atoms with Gasteiger partial charge < -0.3 is 14.7 Å². The second-order valence-corrected chi connectivity index (χ2v) is 8.41. The van der Waals surface area contributed by atoms with Crippen LogP contribution in [-0.2, 0) is 17.9 Å². The lowest BCUT2D eigenvalue weighted by molar-refractivity contribution is -0.139. The first-order valence-corrected chi connectivity index (χ1v) is 10.5. The molecule has 0 radical (unpaired) electrons. The molecule has 1 aliphatic heterocycles. The Labute approximate surface area is 179 Å². The minimum absolute atomic E-state index is 0.0463. The van der Waals surface area contributed by atoms with Crippen molar-refractivity contribution in [3.8, 4) is 5.75 Å². The second-order valence-electron chi connectivity index (χ2n) is 7.50. The Morgan fingerprint density at radius 3 is 2.59 bits per heavy atom. The van der Waals surface area contributed by atoms with Gasteiger partial charge in [0.25, 0.3) is 5.91 Å². The molecule has 0 aliphatic carbocycles. The first-order valence-electron chi connectivity index (χ1n) is 9.67. The molecule has 1 aliphatic rings. The van der Waals surface area contributed by atoms with E-state index < -0.39 is 0 Å². The molecular weight excluding hydrogens is 439 g/mol. The van der Waals surface area contributed by atoms with Crippen LogP contribution in [0, 0.1) is 5.82 Å². The number of benzene rings is 2. The van der Waals surface area contributed by atoms with Crippen LogP contribution in [0.15, 0.2) is 46.9 Å². The van der Waals surface area contributed by atoms with Gasteiger partial charge in [0, 0.05) is 41.8 Å². The van der Waals surface area contributed by atoms with Crippen molar-refractivity contribution in [2.24, 2.45) is 0 Å². The topological polar surface area (TPSA) is 53.0 Å². The maximum atomic E-state index is 13.1. The summed E-state index contributed by atoms with van der Waals surface area (Å²) in [5, 5.41) is 9.48. The molecule has 1 fully saturated rings. The van der Waals surface area contributed by atoms with Crippen molar-refractivity contribution in [3.05, 3.63) is 63.9 Å². The number of aliphatic hydroxyl groups excluding tert-OH is 1. The Kier molecular flexibility index (Phi) is 7.27. The minimum atomic E-state index is -0.235. The fraction of sp³-hybridized carbons (Fsp3) is 0.409. The molecule has 1 N–H and O–H groups in total. The van der Waals surface area contributed by atoms with Crippen LogP contribution in [0.5, 0.6) is 5.75 Å². The van der Waals surface area contributed by atoms with Crippen LogP contribution < -0.4 is 4.74 Å². The van der Waals surface area contributed by atoms with E-state index in [0.717, 1.165) is 23.1 Å². The van der Waals surface area contributed by atoms with Gasteiger partial charge in [0.1, 0.15) is 11.6 Å². The molecule has 2 aromatic rings. The van der Waals surface area contributed by atoms with Crippen LogP contribution in [0.1, 0.15) is 25.0 Å². The molecule has 1 saturated heterocycles. The standard InChI is InChI=1S/C22H26BrFN2O3/c1-15-11-26(16(2)10-25(15)12-17-3-6-20(24)7-4-17)22(28)14-29-21-8-5-19(23)9-18(21)13-27/h3-9,15-16,27H,10-14H2,1-2H3. The van der Waals surface area contributed by atoms with Gasteiger partial charge in [-0.05, 0) is 49.7 Å². The van der Waals surface area contributed by atoms with E-state index in [9.17, 15) is 14.3 Å². The van der Waals surface area contributed by atoms with Crippen molar-refractivity contribution in [1.82, 2.24) is 9.80 Å². The number of hydrogen-bond donors (Lipinski definition) is 1. The third kappa shape index (κ3) is 5.56. The van der Waals surface area contributed by atoms with Gasteiger partial charge in [0.15, 0.2) is 6.61 Å². The van der Waals surface area contributed by atoms with Crippen molar-refractivity contribution in [2.75, 3.05) is 19.7 Å². The third-order valence-electron chi connectivity index (χ3n) is 5.28. The number of amides is 1. The van der Waals surface area contributed by atoms with E-state index in [1.165, 1.54) is 12.1 Å². The van der Waals surface area contributed by atoms with Crippen LogP contribution >= 0.6 is 15.9 Å². The third-order valence-corrected chi connectivity index (χ3v) is 5.77. The predicted molar refractivity (Wildman–Crippen MR) is 113 cm³/mol. The van der Waals surface area contributed by atoms with Gasteiger partial charge in [0.2, 0.25) is 0 Å². The van der Waals surface area contributed by atoms with E-state index in [4.69, 9.17) is 4.74 Å². The maximum Gasteiger partial charge on any atom is 0.260 e. The van der Waals surface area contributed by atoms with Gasteiger partial charge in [-0.25, -0.2) is 4.39 Å². The number of hydrogen-bond acceptors (Lipinski definition) is 4. The van der Waals surface area contributed by atoms with E-state index >= 15 is 0 Å². The van der Waals surface area contributed by atoms with Crippen LogP contribution in [0.4, 0.5) is 4.39 Å². The highest BCUT2D eigenvalue weighted by Gasteiger charge is 2.32. The van der Waals surface area contributed by atoms with Crippen LogP contribution in [0.3, 0.4) is 0 Å². The number of aliphatic hydroxyl groups is 1. The monoisotopic (exact) mass is 464 g/mol. The number of carbonyl (C=O) groups excluding carboxylic acids is 1. The lowest BCUT2D eigenvalue weighted by atomic mass is 10.1. The second kappa shape index (κ2) is 9.69. The highest BCUT2D eigenvalue weighted by molar-refractivity contribution is 9.10. The molecule has 0 bridgehead atoms. The summed E-state index contributed by atoms with van der Waals surface area (Å²) in [6.45, 7) is 5.97. The molecule has 0 saturated carbocycles. The summed E-state index contributed by atoms with van der Waals surface area (Å²) in [6, 6.07) is 12.1. The zero-order chi connectivity index (χ0) is 21.0. The van der Waals surface area contributed by atoms with E-state index in [0.29, 0.717) is 17.9 Å². The van der Waals surface area contributed by atoms with Crippen molar-refractivity contribution in [3.63, 3.8) is 0 Å². The van der Waals surface area contributed by atoms with Crippen molar-refractivity contribution in [2.45, 2.75) is 39.1 Å². The molecule has 0 spiro atoms. The van der Waals surface area contributed by atoms with E-state index in [1.54, 1.807) is 24.3 Å². The summed E-state index contributed by atoms with van der Waals surface area (Å²) in [7, 11) is 0. The first-order chi connectivity index (χ1) is 13.9. The number of carbonyl (C=O) groups is 1. The summed E-state index contributed by atoms with van der Waals surface area (Å²) in [5.74, 6) is 0.206. The number of piperazine rings is 1. The number of nitrogens with zero attached hydrogens (tertiary/aromatic N) is 2. The predicted octanol–water partition coefficient (Wildman–Crippen LogP) is 3.58. The molecule has 5 nitrogen and oxygen atoms in total. The first kappa shape index (κ1) is 21.7. The normalized spacial score (nSPS) is 20.0. The van der Waals surface area contributed by atoms with Crippen molar-refractivity contribution < 1.29 is 19.0 Å². The molecule has 29 heavy (non-hydrogen) atoms. The summed E-state index contributed by atoms with van der Waals surface area (Å²) < 4.78 is 19.7. The van der Waals surface area contributed by atoms with Crippen LogP contribution in [0.25, 0.3) is 0 Å². The maximum absolute atomic E-state index is 13.1. The zero-order valence-electron chi connectivity index (χ0n) is 16.6. The molecule has 7 heteroatoms. The quantitative estimate of drug-likeness (QED) is 0.709. The smallest absolute Gasteiger partial charge is 0.260 e. The average molecular weight is 465 g/mol. The Bertz CT molecular complexity index is 846. The van der Waals surface area contributed by atoms with Gasteiger partial charge in [-0.3, -0.25) is 9.69 Å². The molecular formula is C22H26BrFN2O3. The van der Waals surface area contributed by atoms with Crippen LogP contribution in [-0.4, -0.2) is 52.6 Å². The van der Waals surface area contributed by atoms with Gasteiger partial charge in [0.05, 0.1) is 6.61 Å². The molecule has 156 valence electrons. The lowest BCUT2D eigenvalue weighted by Crippen LogP contribution is -2.58. The van der Waals surface area contributed by atoms with Crippen LogP contribution in [0.2, 0.25) is 0 Å². The van der Waals surface area contributed by atoms with Crippen molar-refractivity contribution >= 4 is 21.8 Å². The van der Waals surface area contributed by atoms with E-state index in [2.05, 4.69) is 27.8 Å². The largest absolute Gasteiger partial charge is 0.483 e. The van der Waals surface area contributed by atoms with Gasteiger partial charge >= 0.3 is 0 Å². The highest BCUT2D eigenvalue weighted by atomic mass is 79.9. The minimum Gasteiger partial charge on any atom is -0.483 e. The molecule has 2 aromatic carbocycles. The average Bonchev–Trinajstić information content (AvgIpc) is 2.70. The number of halogens is 2. The summed E-state index contributed by atoms with van der Waals surface area (Å²) in [6.07, 6.45) is 0. The van der Waals surface area contributed by atoms with Gasteiger partial charge in [-0.15, -0.1) is 0 Å². The summed E-state index contributed by atoms with van der Waals surface area (Å²) in [5.41, 5.74) is 1.69. The SMILES string of the molecule is CC1CN(C(=O)COc2ccc(Br)cc2CO)C(C)CN1Cc1ccc(F)cc1. The fourth-order valence-corrected chi connectivity index (χ4v) is 4.03. The summed E-state index contributed by atoms with van der Waals surface area (Å²) >= 11 is 3.36. The molecule has 1 heterocycles. The molecule has 2 atom stereocenters. The van der Waals surface area contributed by atoms with Crippen molar-refractivity contribution in [1.29, 1.82) is 0 Å². The van der Waals surface area contributed by atoms with E-state index in [1.807, 2.05) is 17.9 Å². The number of ether oxygens (including phenoxy) is 1. The number of rotatable bonds is 6. The van der Waals surface area contributed by atoms with E-state index in [-0.39, 0.29) is 37.0 Å². The molecule has 1 amide bonds. The molecule has 2 unspecified atom stereocenters. The summed E-state index contributed by atoms with van der Waals surface area (Å²) in [4.78, 5) is 16.9. The fourth-order valence-electron chi connectivity index (χ4n) is 3.63. The lowest BCUT2D eigenvalue weighted by Gasteiger charge is -2.44. The Morgan fingerprint density at radius 1 is 1.17 bits per heavy atom. The zero-order valence-corrected chi connectivity index (χ0v) is 18.2.